The molecule has 2 N–H and O–H groups in total. The molecule has 7 heteroatoms. The molecule has 6 nitrogen and oxygen atoms in total. The number of rotatable bonds is 3. The fraction of sp³-hybridized carbons (Fsp3) is 0. The van der Waals surface area contributed by atoms with Crippen LogP contribution in [-0.2, 0) is 0 Å². The quantitative estimate of drug-likeness (QED) is 0.879. The summed E-state index contributed by atoms with van der Waals surface area (Å²) in [4.78, 5) is 33.2. The first kappa shape index (κ1) is 12.1. The fourth-order valence-electron chi connectivity index (χ4n) is 1.19. The first-order valence-electron chi connectivity index (χ1n) is 4.79. The summed E-state index contributed by atoms with van der Waals surface area (Å²) in [6.07, 6.45) is 1.05. The van der Waals surface area contributed by atoms with Gasteiger partial charge in [0.05, 0.1) is 10.6 Å². The third-order valence-corrected chi connectivity index (χ3v) is 3.01. The van der Waals surface area contributed by atoms with Gasteiger partial charge in [-0.2, -0.15) is 0 Å². The number of amides is 1. The molecule has 0 radical (unpaired) electrons. The predicted molar refractivity (Wildman–Crippen MR) is 64.2 cm³/mol. The van der Waals surface area contributed by atoms with E-state index in [1.54, 1.807) is 0 Å². The van der Waals surface area contributed by atoms with Gasteiger partial charge >= 0.3 is 11.6 Å². The van der Waals surface area contributed by atoms with E-state index in [1.165, 1.54) is 18.2 Å². The molecule has 0 unspecified atom stereocenters. The molecule has 0 aliphatic heterocycles. The number of carboxylic acids is 1. The molecular weight excluding hydrogens is 258 g/mol. The zero-order valence-electron chi connectivity index (χ0n) is 8.88. The predicted octanol–water partition coefficient (Wildman–Crippen LogP) is 1.65. The highest BCUT2D eigenvalue weighted by atomic mass is 32.1. The first-order chi connectivity index (χ1) is 8.56. The monoisotopic (exact) mass is 265 g/mol. The van der Waals surface area contributed by atoms with Crippen LogP contribution in [0.2, 0.25) is 0 Å². The molecule has 0 aromatic carbocycles. The Morgan fingerprint density at radius 3 is 2.56 bits per heavy atom. The third kappa shape index (κ3) is 2.64. The average Bonchev–Trinajstić information content (AvgIpc) is 2.78. The first-order valence-corrected chi connectivity index (χ1v) is 5.61. The van der Waals surface area contributed by atoms with Crippen LogP contribution in [0.5, 0.6) is 0 Å². The van der Waals surface area contributed by atoms with Gasteiger partial charge in [-0.1, -0.05) is 0 Å². The number of nitrogens with one attached hydrogen (secondary N) is 1. The van der Waals surface area contributed by atoms with E-state index < -0.39 is 17.5 Å². The lowest BCUT2D eigenvalue weighted by atomic mass is 10.3. The maximum absolute atomic E-state index is 11.7. The van der Waals surface area contributed by atoms with Gasteiger partial charge in [-0.05, 0) is 18.2 Å². The standard InChI is InChI=1S/C11H7NO5S/c13-9-4-1-6(5-17-9)10(14)12-8-3-2-7(18-8)11(15)16/h1-5H,(H,12,14)(H,15,16). The van der Waals surface area contributed by atoms with E-state index in [-0.39, 0.29) is 10.4 Å². The van der Waals surface area contributed by atoms with Crippen molar-refractivity contribution in [1.29, 1.82) is 0 Å². The minimum Gasteiger partial charge on any atom is -0.477 e. The third-order valence-electron chi connectivity index (χ3n) is 2.02. The van der Waals surface area contributed by atoms with Crippen molar-refractivity contribution in [1.82, 2.24) is 0 Å². The molecule has 0 saturated heterocycles. The Balaban J connectivity index is 2.13. The van der Waals surface area contributed by atoms with Gasteiger partial charge in [0.1, 0.15) is 11.1 Å². The van der Waals surface area contributed by atoms with Crippen molar-refractivity contribution in [3.8, 4) is 0 Å². The number of carbonyl (C=O) groups excluding carboxylic acids is 1. The summed E-state index contributed by atoms with van der Waals surface area (Å²) in [5.41, 5.74) is -0.365. The molecule has 2 heterocycles. The molecule has 0 fully saturated rings. The molecule has 2 rings (SSSR count). The average molecular weight is 265 g/mol. The normalized spacial score (nSPS) is 10.0. The highest BCUT2D eigenvalue weighted by Crippen LogP contribution is 2.22. The zero-order valence-corrected chi connectivity index (χ0v) is 9.69. The van der Waals surface area contributed by atoms with Gasteiger partial charge in [0.25, 0.3) is 5.91 Å². The van der Waals surface area contributed by atoms with Crippen LogP contribution in [0.3, 0.4) is 0 Å². The van der Waals surface area contributed by atoms with Gasteiger partial charge in [0.15, 0.2) is 0 Å². The number of thiophene rings is 1. The van der Waals surface area contributed by atoms with Gasteiger partial charge in [-0.15, -0.1) is 11.3 Å². The molecule has 2 aromatic rings. The maximum atomic E-state index is 11.7. The van der Waals surface area contributed by atoms with Gasteiger partial charge in [-0.3, -0.25) is 4.79 Å². The number of carboxylic acid groups (broad SMARTS) is 1. The number of aromatic carboxylic acids is 1. The fourth-order valence-corrected chi connectivity index (χ4v) is 1.93. The molecule has 92 valence electrons. The minimum atomic E-state index is -1.05. The van der Waals surface area contributed by atoms with E-state index in [0.717, 1.165) is 23.7 Å². The number of hydrogen-bond acceptors (Lipinski definition) is 5. The van der Waals surface area contributed by atoms with Crippen LogP contribution in [0.4, 0.5) is 5.00 Å². The summed E-state index contributed by atoms with van der Waals surface area (Å²) in [6, 6.07) is 5.34. The van der Waals surface area contributed by atoms with Crippen molar-refractivity contribution in [2.45, 2.75) is 0 Å². The Morgan fingerprint density at radius 2 is 2.00 bits per heavy atom. The Hall–Kier alpha value is -2.41. The van der Waals surface area contributed by atoms with Gasteiger partial charge in [0, 0.05) is 6.07 Å². The van der Waals surface area contributed by atoms with Crippen LogP contribution in [-0.4, -0.2) is 17.0 Å². The van der Waals surface area contributed by atoms with E-state index in [1.807, 2.05) is 0 Å². The van der Waals surface area contributed by atoms with Crippen LogP contribution in [0.1, 0.15) is 20.0 Å². The van der Waals surface area contributed by atoms with Crippen molar-refractivity contribution in [3.63, 3.8) is 0 Å². The molecule has 0 spiro atoms. The molecule has 0 bridgehead atoms. The summed E-state index contributed by atoms with van der Waals surface area (Å²) < 4.78 is 4.55. The molecule has 0 saturated carbocycles. The van der Waals surface area contributed by atoms with Crippen LogP contribution in [0.15, 0.2) is 39.7 Å². The Bertz CT molecular complexity index is 637. The maximum Gasteiger partial charge on any atom is 0.345 e. The van der Waals surface area contributed by atoms with Gasteiger partial charge in [0.2, 0.25) is 0 Å². The smallest absolute Gasteiger partial charge is 0.345 e. The second-order valence-electron chi connectivity index (χ2n) is 3.27. The van der Waals surface area contributed by atoms with Crippen molar-refractivity contribution >= 4 is 28.2 Å². The molecule has 18 heavy (non-hydrogen) atoms. The number of hydrogen-bond donors (Lipinski definition) is 2. The number of anilines is 1. The van der Waals surface area contributed by atoms with E-state index >= 15 is 0 Å². The van der Waals surface area contributed by atoms with Crippen molar-refractivity contribution in [2.24, 2.45) is 0 Å². The summed E-state index contributed by atoms with van der Waals surface area (Å²) in [5.74, 6) is -1.52. The largest absolute Gasteiger partial charge is 0.477 e. The summed E-state index contributed by atoms with van der Waals surface area (Å²) in [5, 5.41) is 11.6. The molecular formula is C11H7NO5S. The van der Waals surface area contributed by atoms with E-state index in [2.05, 4.69) is 9.73 Å². The Morgan fingerprint density at radius 1 is 1.22 bits per heavy atom. The molecule has 0 aliphatic carbocycles. The highest BCUT2D eigenvalue weighted by molar-refractivity contribution is 7.18. The summed E-state index contributed by atoms with van der Waals surface area (Å²) in [6.45, 7) is 0. The van der Waals surface area contributed by atoms with E-state index in [4.69, 9.17) is 5.11 Å². The van der Waals surface area contributed by atoms with Crippen LogP contribution >= 0.6 is 11.3 Å². The van der Waals surface area contributed by atoms with E-state index in [9.17, 15) is 14.4 Å². The second-order valence-corrected chi connectivity index (χ2v) is 4.35. The lowest BCUT2D eigenvalue weighted by Crippen LogP contribution is -2.11. The van der Waals surface area contributed by atoms with Crippen LogP contribution in [0, 0.1) is 0 Å². The van der Waals surface area contributed by atoms with E-state index in [0.29, 0.717) is 5.00 Å². The minimum absolute atomic E-state index is 0.130. The number of carbonyl (C=O) groups is 2. The van der Waals surface area contributed by atoms with Crippen molar-refractivity contribution in [2.75, 3.05) is 5.32 Å². The van der Waals surface area contributed by atoms with Crippen molar-refractivity contribution < 1.29 is 19.1 Å². The molecule has 0 aliphatic rings. The topological polar surface area (TPSA) is 96.6 Å². The van der Waals surface area contributed by atoms with Gasteiger partial charge < -0.3 is 14.8 Å². The molecule has 2 aromatic heterocycles. The SMILES string of the molecule is O=C(Nc1ccc(C(=O)O)s1)c1ccc(=O)oc1. The molecule has 0 atom stereocenters. The van der Waals surface area contributed by atoms with Gasteiger partial charge in [-0.25, -0.2) is 9.59 Å². The Labute approximate surface area is 104 Å². The zero-order chi connectivity index (χ0) is 13.1. The Kier molecular flexibility index (Phi) is 3.24. The second kappa shape index (κ2) is 4.84. The van der Waals surface area contributed by atoms with Crippen molar-refractivity contribution in [3.05, 3.63) is 51.4 Å². The summed E-state index contributed by atoms with van der Waals surface area (Å²) >= 11 is 0.943. The highest BCUT2D eigenvalue weighted by Gasteiger charge is 2.11. The van der Waals surface area contributed by atoms with Crippen LogP contribution in [0.25, 0.3) is 0 Å². The molecule has 1 amide bonds. The lowest BCUT2D eigenvalue weighted by Gasteiger charge is -2.00. The summed E-state index contributed by atoms with van der Waals surface area (Å²) in [7, 11) is 0. The lowest BCUT2D eigenvalue weighted by molar-refractivity contribution is 0.0702. The van der Waals surface area contributed by atoms with Crippen LogP contribution < -0.4 is 10.9 Å².